The van der Waals surface area contributed by atoms with Gasteiger partial charge in [0.2, 0.25) is 9.05 Å². The second-order valence-corrected chi connectivity index (χ2v) is 6.57. The summed E-state index contributed by atoms with van der Waals surface area (Å²) in [6, 6.07) is 0. The van der Waals surface area contributed by atoms with Gasteiger partial charge in [-0.15, -0.1) is 0 Å². The molecule has 1 aliphatic rings. The molecule has 1 unspecified atom stereocenters. The molecule has 0 aromatic rings. The molecule has 0 aliphatic carbocycles. The minimum absolute atomic E-state index is 0.0714. The maximum absolute atomic E-state index is 10.7. The molecule has 1 aliphatic heterocycles. The first-order valence-electron chi connectivity index (χ1n) is 3.89. The predicted octanol–water partition coefficient (Wildman–Crippen LogP) is 1.51. The molecular formula is C7H13ClO3S. The molecule has 12 heavy (non-hydrogen) atoms. The zero-order chi connectivity index (χ0) is 9.41. The number of hydrogen-bond donors (Lipinski definition) is 0. The van der Waals surface area contributed by atoms with Crippen LogP contribution >= 0.6 is 10.7 Å². The SMILES string of the molecule is CC1(C)CCC(CS(=O)(=O)Cl)O1. The third-order valence-corrected chi connectivity index (χ3v) is 3.09. The maximum atomic E-state index is 10.7. The van der Waals surface area contributed by atoms with Gasteiger partial charge < -0.3 is 4.74 Å². The summed E-state index contributed by atoms with van der Waals surface area (Å²) in [6.07, 6.45) is 1.45. The Bertz CT molecular complexity index is 258. The zero-order valence-electron chi connectivity index (χ0n) is 7.21. The van der Waals surface area contributed by atoms with Gasteiger partial charge in [-0.25, -0.2) is 8.42 Å². The Morgan fingerprint density at radius 3 is 2.50 bits per heavy atom. The van der Waals surface area contributed by atoms with Crippen LogP contribution in [0.2, 0.25) is 0 Å². The molecule has 0 bridgehead atoms. The summed E-state index contributed by atoms with van der Waals surface area (Å²) in [7, 11) is 1.69. The Kier molecular flexibility index (Phi) is 2.71. The predicted molar refractivity (Wildman–Crippen MR) is 47.8 cm³/mol. The summed E-state index contributed by atoms with van der Waals surface area (Å²) < 4.78 is 26.8. The smallest absolute Gasteiger partial charge is 0.235 e. The zero-order valence-corrected chi connectivity index (χ0v) is 8.78. The topological polar surface area (TPSA) is 43.4 Å². The van der Waals surface area contributed by atoms with Crippen LogP contribution in [0.1, 0.15) is 26.7 Å². The van der Waals surface area contributed by atoms with Crippen molar-refractivity contribution >= 4 is 19.7 Å². The van der Waals surface area contributed by atoms with Crippen LogP contribution < -0.4 is 0 Å². The molecule has 0 N–H and O–H groups in total. The van der Waals surface area contributed by atoms with Crippen molar-refractivity contribution in [3.63, 3.8) is 0 Å². The van der Waals surface area contributed by atoms with Crippen molar-refractivity contribution in [3.8, 4) is 0 Å². The monoisotopic (exact) mass is 212 g/mol. The highest BCUT2D eigenvalue weighted by Crippen LogP contribution is 2.30. The first-order chi connectivity index (χ1) is 5.29. The quantitative estimate of drug-likeness (QED) is 0.652. The third-order valence-electron chi connectivity index (χ3n) is 1.94. The fraction of sp³-hybridized carbons (Fsp3) is 1.00. The van der Waals surface area contributed by atoms with Crippen LogP contribution in [0.25, 0.3) is 0 Å². The van der Waals surface area contributed by atoms with Gasteiger partial charge in [-0.2, -0.15) is 0 Å². The Balaban J connectivity index is 2.49. The minimum atomic E-state index is -3.41. The molecule has 1 fully saturated rings. The summed E-state index contributed by atoms with van der Waals surface area (Å²) in [5.41, 5.74) is -0.188. The van der Waals surface area contributed by atoms with Gasteiger partial charge in [-0.1, -0.05) is 0 Å². The molecule has 0 aromatic heterocycles. The molecule has 0 radical (unpaired) electrons. The van der Waals surface area contributed by atoms with Gasteiger partial charge in [-0.05, 0) is 26.7 Å². The molecule has 1 heterocycles. The van der Waals surface area contributed by atoms with Gasteiger partial charge in [0, 0.05) is 10.7 Å². The summed E-state index contributed by atoms with van der Waals surface area (Å²) in [6.45, 7) is 3.90. The van der Waals surface area contributed by atoms with E-state index in [4.69, 9.17) is 15.4 Å². The second-order valence-electron chi connectivity index (χ2n) is 3.74. The Morgan fingerprint density at radius 1 is 1.58 bits per heavy atom. The van der Waals surface area contributed by atoms with Crippen molar-refractivity contribution in [2.75, 3.05) is 5.75 Å². The van der Waals surface area contributed by atoms with Crippen molar-refractivity contribution < 1.29 is 13.2 Å². The van der Waals surface area contributed by atoms with E-state index in [-0.39, 0.29) is 17.5 Å². The van der Waals surface area contributed by atoms with E-state index in [0.29, 0.717) is 0 Å². The highest BCUT2D eigenvalue weighted by Gasteiger charge is 2.33. The summed E-state index contributed by atoms with van der Waals surface area (Å²) in [5, 5.41) is 0. The Hall–Kier alpha value is 0.200. The van der Waals surface area contributed by atoms with Crippen LogP contribution in [-0.4, -0.2) is 25.9 Å². The largest absolute Gasteiger partial charge is 0.371 e. The molecular weight excluding hydrogens is 200 g/mol. The fourth-order valence-electron chi connectivity index (χ4n) is 1.42. The van der Waals surface area contributed by atoms with Crippen molar-refractivity contribution in [1.82, 2.24) is 0 Å². The molecule has 0 saturated carbocycles. The molecule has 0 amide bonds. The van der Waals surface area contributed by atoms with Gasteiger partial charge in [0.05, 0.1) is 17.5 Å². The van der Waals surface area contributed by atoms with Crippen LogP contribution in [0.4, 0.5) is 0 Å². The first kappa shape index (κ1) is 10.3. The van der Waals surface area contributed by atoms with Crippen LogP contribution in [0.15, 0.2) is 0 Å². The number of rotatable bonds is 2. The molecule has 0 spiro atoms. The normalized spacial score (nSPS) is 29.1. The average molecular weight is 213 g/mol. The third kappa shape index (κ3) is 3.29. The van der Waals surface area contributed by atoms with Gasteiger partial charge in [0.25, 0.3) is 0 Å². The molecule has 72 valence electrons. The van der Waals surface area contributed by atoms with Crippen LogP contribution in [0.5, 0.6) is 0 Å². The molecule has 1 saturated heterocycles. The highest BCUT2D eigenvalue weighted by molar-refractivity contribution is 8.13. The number of hydrogen-bond acceptors (Lipinski definition) is 3. The molecule has 0 aromatic carbocycles. The standard InChI is InChI=1S/C7H13ClO3S/c1-7(2)4-3-6(11-7)5-12(8,9)10/h6H,3-5H2,1-2H3. The van der Waals surface area contributed by atoms with Gasteiger partial charge in [0.15, 0.2) is 0 Å². The number of ether oxygens (including phenoxy) is 1. The molecule has 3 nitrogen and oxygen atoms in total. The van der Waals surface area contributed by atoms with E-state index in [1.165, 1.54) is 0 Å². The van der Waals surface area contributed by atoms with Crippen LogP contribution in [0.3, 0.4) is 0 Å². The van der Waals surface area contributed by atoms with Crippen molar-refractivity contribution in [2.45, 2.75) is 38.4 Å². The second kappa shape index (κ2) is 3.16. The van der Waals surface area contributed by atoms with Crippen molar-refractivity contribution in [3.05, 3.63) is 0 Å². The maximum Gasteiger partial charge on any atom is 0.235 e. The van der Waals surface area contributed by atoms with E-state index < -0.39 is 9.05 Å². The fourth-order valence-corrected chi connectivity index (χ4v) is 2.52. The van der Waals surface area contributed by atoms with Crippen molar-refractivity contribution in [2.24, 2.45) is 0 Å². The average Bonchev–Trinajstić information content (AvgIpc) is 2.05. The molecule has 1 atom stereocenters. The Morgan fingerprint density at radius 2 is 2.17 bits per heavy atom. The van der Waals surface area contributed by atoms with Gasteiger partial charge in [-0.3, -0.25) is 0 Å². The summed E-state index contributed by atoms with van der Waals surface area (Å²) in [5.74, 6) is -0.0714. The van der Waals surface area contributed by atoms with Crippen LogP contribution in [-0.2, 0) is 13.8 Å². The number of halogens is 1. The van der Waals surface area contributed by atoms with E-state index in [2.05, 4.69) is 0 Å². The van der Waals surface area contributed by atoms with Gasteiger partial charge in [0.1, 0.15) is 0 Å². The lowest BCUT2D eigenvalue weighted by Crippen LogP contribution is -2.23. The molecule has 5 heteroatoms. The van der Waals surface area contributed by atoms with E-state index in [0.717, 1.165) is 12.8 Å². The summed E-state index contributed by atoms with van der Waals surface area (Å²) >= 11 is 0. The summed E-state index contributed by atoms with van der Waals surface area (Å²) in [4.78, 5) is 0. The first-order valence-corrected chi connectivity index (χ1v) is 6.36. The minimum Gasteiger partial charge on any atom is -0.371 e. The van der Waals surface area contributed by atoms with Crippen LogP contribution in [0, 0.1) is 0 Å². The lowest BCUT2D eigenvalue weighted by Gasteiger charge is -2.18. The van der Waals surface area contributed by atoms with Gasteiger partial charge >= 0.3 is 0 Å². The van der Waals surface area contributed by atoms with Crippen molar-refractivity contribution in [1.29, 1.82) is 0 Å². The molecule has 1 rings (SSSR count). The van der Waals surface area contributed by atoms with E-state index in [9.17, 15) is 8.42 Å². The lowest BCUT2D eigenvalue weighted by atomic mass is 10.1. The van der Waals surface area contributed by atoms with E-state index >= 15 is 0 Å². The van der Waals surface area contributed by atoms with E-state index in [1.807, 2.05) is 13.8 Å². The Labute approximate surface area is 77.5 Å². The lowest BCUT2D eigenvalue weighted by molar-refractivity contribution is -0.00513. The highest BCUT2D eigenvalue weighted by atomic mass is 35.7. The van der Waals surface area contributed by atoms with E-state index in [1.54, 1.807) is 0 Å².